The van der Waals surface area contributed by atoms with Crippen LogP contribution in [0.2, 0.25) is 0 Å². The van der Waals surface area contributed by atoms with E-state index in [9.17, 15) is 5.11 Å². The Morgan fingerprint density at radius 2 is 2.12 bits per heavy atom. The molecule has 0 aromatic carbocycles. The van der Waals surface area contributed by atoms with Crippen LogP contribution < -0.4 is 5.32 Å². The number of thioether (sulfide) groups is 1. The maximum Gasteiger partial charge on any atom is 0.0897 e. The molecule has 0 aliphatic rings. The van der Waals surface area contributed by atoms with Crippen LogP contribution in [0.25, 0.3) is 0 Å². The van der Waals surface area contributed by atoms with Gasteiger partial charge in [0.25, 0.3) is 0 Å². The van der Waals surface area contributed by atoms with E-state index in [-0.39, 0.29) is 6.61 Å². The molecule has 0 bridgehead atoms. The second kappa shape index (κ2) is 14.2. The van der Waals surface area contributed by atoms with E-state index in [1.165, 1.54) is 0 Å². The normalized spacial score (nSPS) is 12.9. The molecule has 0 saturated heterocycles. The van der Waals surface area contributed by atoms with Gasteiger partial charge in [-0.1, -0.05) is 0 Å². The first-order valence-corrected chi connectivity index (χ1v) is 7.10. The Morgan fingerprint density at radius 1 is 1.29 bits per heavy atom. The van der Waals surface area contributed by atoms with Gasteiger partial charge < -0.3 is 25.0 Å². The van der Waals surface area contributed by atoms with Gasteiger partial charge in [-0.25, -0.2) is 0 Å². The fourth-order valence-corrected chi connectivity index (χ4v) is 1.93. The number of methoxy groups -OCH3 is 1. The van der Waals surface area contributed by atoms with Crippen molar-refractivity contribution < 1.29 is 19.7 Å². The first-order valence-electron chi connectivity index (χ1n) is 5.95. The molecule has 0 aromatic rings. The standard InChI is InChI=1S/C11H25NO4S/c1-15-5-6-16-10-11(14)9-12-3-8-17-7-2-4-13/h11-14H,2-10H2,1H3. The minimum Gasteiger partial charge on any atom is -0.396 e. The van der Waals surface area contributed by atoms with Crippen LogP contribution >= 0.6 is 11.8 Å². The van der Waals surface area contributed by atoms with Crippen LogP contribution in [0.5, 0.6) is 0 Å². The lowest BCUT2D eigenvalue weighted by molar-refractivity contribution is 0.0140. The van der Waals surface area contributed by atoms with Gasteiger partial charge in [-0.15, -0.1) is 0 Å². The van der Waals surface area contributed by atoms with E-state index in [2.05, 4.69) is 5.32 Å². The first kappa shape index (κ1) is 17.2. The van der Waals surface area contributed by atoms with Crippen molar-refractivity contribution in [1.29, 1.82) is 0 Å². The Morgan fingerprint density at radius 3 is 2.82 bits per heavy atom. The second-order valence-electron chi connectivity index (χ2n) is 3.62. The van der Waals surface area contributed by atoms with Gasteiger partial charge in [-0.3, -0.25) is 0 Å². The third-order valence-electron chi connectivity index (χ3n) is 1.99. The maximum atomic E-state index is 9.52. The van der Waals surface area contributed by atoms with Gasteiger partial charge in [0, 0.05) is 32.6 Å². The summed E-state index contributed by atoms with van der Waals surface area (Å²) in [6.07, 6.45) is 0.384. The van der Waals surface area contributed by atoms with Crippen molar-refractivity contribution in [1.82, 2.24) is 5.32 Å². The molecule has 0 radical (unpaired) electrons. The molecule has 0 saturated carbocycles. The zero-order valence-corrected chi connectivity index (χ0v) is 11.4. The van der Waals surface area contributed by atoms with E-state index >= 15 is 0 Å². The molecule has 0 rings (SSSR count). The molecule has 0 fully saturated rings. The van der Waals surface area contributed by atoms with Crippen molar-refractivity contribution in [3.63, 3.8) is 0 Å². The zero-order valence-electron chi connectivity index (χ0n) is 10.6. The number of rotatable bonds is 13. The van der Waals surface area contributed by atoms with Gasteiger partial charge >= 0.3 is 0 Å². The van der Waals surface area contributed by atoms with Crippen molar-refractivity contribution in [3.8, 4) is 0 Å². The lowest BCUT2D eigenvalue weighted by atomic mass is 10.4. The van der Waals surface area contributed by atoms with Crippen LogP contribution in [0, 0.1) is 0 Å². The summed E-state index contributed by atoms with van der Waals surface area (Å²) in [6, 6.07) is 0. The van der Waals surface area contributed by atoms with E-state index in [1.807, 2.05) is 0 Å². The summed E-state index contributed by atoms with van der Waals surface area (Å²) >= 11 is 1.80. The SMILES string of the molecule is COCCOCC(O)CNCCSCCCO. The van der Waals surface area contributed by atoms with Gasteiger partial charge in [0.05, 0.1) is 25.9 Å². The van der Waals surface area contributed by atoms with Gasteiger partial charge in [0.2, 0.25) is 0 Å². The summed E-state index contributed by atoms with van der Waals surface area (Å²) in [4.78, 5) is 0. The molecule has 17 heavy (non-hydrogen) atoms. The van der Waals surface area contributed by atoms with Gasteiger partial charge in [0.15, 0.2) is 0 Å². The third-order valence-corrected chi connectivity index (χ3v) is 3.06. The monoisotopic (exact) mass is 267 g/mol. The highest BCUT2D eigenvalue weighted by molar-refractivity contribution is 7.99. The van der Waals surface area contributed by atoms with Crippen molar-refractivity contribution in [2.45, 2.75) is 12.5 Å². The molecule has 0 heterocycles. The predicted octanol–water partition coefficient (Wildman–Crippen LogP) is -0.284. The summed E-state index contributed by atoms with van der Waals surface area (Å²) in [6.45, 7) is 3.09. The summed E-state index contributed by atoms with van der Waals surface area (Å²) in [5, 5.41) is 21.3. The van der Waals surface area contributed by atoms with Crippen molar-refractivity contribution >= 4 is 11.8 Å². The maximum absolute atomic E-state index is 9.52. The molecule has 0 aliphatic heterocycles. The fourth-order valence-electron chi connectivity index (χ4n) is 1.10. The fraction of sp³-hybridized carbons (Fsp3) is 1.00. The molecule has 1 unspecified atom stereocenters. The highest BCUT2D eigenvalue weighted by Gasteiger charge is 2.02. The molecular weight excluding hydrogens is 242 g/mol. The Balaban J connectivity index is 3.08. The highest BCUT2D eigenvalue weighted by Crippen LogP contribution is 1.99. The average Bonchev–Trinajstić information content (AvgIpc) is 2.33. The van der Waals surface area contributed by atoms with Crippen LogP contribution in [0.3, 0.4) is 0 Å². The quantitative estimate of drug-likeness (QED) is 0.399. The molecule has 0 aliphatic carbocycles. The Bertz CT molecular complexity index is 151. The molecule has 0 spiro atoms. The van der Waals surface area contributed by atoms with Gasteiger partial charge in [0.1, 0.15) is 0 Å². The van der Waals surface area contributed by atoms with E-state index in [4.69, 9.17) is 14.6 Å². The molecule has 3 N–H and O–H groups in total. The van der Waals surface area contributed by atoms with Crippen molar-refractivity contribution in [3.05, 3.63) is 0 Å². The summed E-state index contributed by atoms with van der Waals surface area (Å²) in [7, 11) is 1.62. The minimum absolute atomic E-state index is 0.262. The second-order valence-corrected chi connectivity index (χ2v) is 4.84. The van der Waals surface area contributed by atoms with Crippen molar-refractivity contribution in [2.24, 2.45) is 0 Å². The number of aliphatic hydroxyl groups is 2. The smallest absolute Gasteiger partial charge is 0.0897 e. The summed E-state index contributed by atoms with van der Waals surface area (Å²) in [5.41, 5.74) is 0. The molecule has 0 aromatic heterocycles. The van der Waals surface area contributed by atoms with Crippen LogP contribution in [0.1, 0.15) is 6.42 Å². The molecule has 0 amide bonds. The Kier molecular flexibility index (Phi) is 14.3. The predicted molar refractivity (Wildman–Crippen MR) is 70.6 cm³/mol. The van der Waals surface area contributed by atoms with E-state index in [0.717, 1.165) is 24.5 Å². The Hall–Kier alpha value is 0.150. The topological polar surface area (TPSA) is 71.0 Å². The number of aliphatic hydroxyl groups excluding tert-OH is 2. The average molecular weight is 267 g/mol. The third kappa shape index (κ3) is 14.1. The number of hydrogen-bond acceptors (Lipinski definition) is 6. The van der Waals surface area contributed by atoms with Gasteiger partial charge in [-0.05, 0) is 12.2 Å². The minimum atomic E-state index is -0.464. The zero-order chi connectivity index (χ0) is 12.8. The molecule has 104 valence electrons. The summed E-state index contributed by atoms with van der Waals surface area (Å²) < 4.78 is 10.0. The molecule has 6 heteroatoms. The number of ether oxygens (including phenoxy) is 2. The van der Waals surface area contributed by atoms with E-state index in [0.29, 0.717) is 26.4 Å². The highest BCUT2D eigenvalue weighted by atomic mass is 32.2. The largest absolute Gasteiger partial charge is 0.396 e. The van der Waals surface area contributed by atoms with Crippen LogP contribution in [0.4, 0.5) is 0 Å². The Labute approximate surface area is 108 Å². The van der Waals surface area contributed by atoms with Crippen molar-refractivity contribution in [2.75, 3.05) is 58.1 Å². The van der Waals surface area contributed by atoms with E-state index < -0.39 is 6.10 Å². The number of nitrogens with one attached hydrogen (secondary N) is 1. The number of hydrogen-bond donors (Lipinski definition) is 3. The molecule has 5 nitrogen and oxygen atoms in total. The van der Waals surface area contributed by atoms with Crippen LogP contribution in [-0.2, 0) is 9.47 Å². The lowest BCUT2D eigenvalue weighted by Crippen LogP contribution is -2.32. The first-order chi connectivity index (χ1) is 8.31. The molecule has 1 atom stereocenters. The van der Waals surface area contributed by atoms with Gasteiger partial charge in [-0.2, -0.15) is 11.8 Å². The lowest BCUT2D eigenvalue weighted by Gasteiger charge is -2.12. The van der Waals surface area contributed by atoms with Crippen LogP contribution in [-0.4, -0.2) is 74.4 Å². The molecular formula is C11H25NO4S. The van der Waals surface area contributed by atoms with Crippen LogP contribution in [0.15, 0.2) is 0 Å². The van der Waals surface area contributed by atoms with E-state index in [1.54, 1.807) is 18.9 Å². The summed E-state index contributed by atoms with van der Waals surface area (Å²) in [5.74, 6) is 1.98.